The van der Waals surface area contributed by atoms with Crippen LogP contribution in [0, 0.1) is 0 Å². The van der Waals surface area contributed by atoms with Crippen molar-refractivity contribution in [1.82, 2.24) is 10.2 Å². The molecule has 0 aliphatic heterocycles. The largest absolute Gasteiger partial charge is 0.389 e. The summed E-state index contributed by atoms with van der Waals surface area (Å²) in [5.41, 5.74) is -0.426. The maximum absolute atomic E-state index is 10.3. The summed E-state index contributed by atoms with van der Waals surface area (Å²) in [7, 11) is 4.20. The highest BCUT2D eigenvalue weighted by Gasteiger charge is 2.28. The van der Waals surface area contributed by atoms with Crippen molar-refractivity contribution >= 4 is 0 Å². The average molecular weight is 228 g/mol. The molecule has 16 heavy (non-hydrogen) atoms. The third-order valence-electron chi connectivity index (χ3n) is 3.57. The fraction of sp³-hybridized carbons (Fsp3) is 1.00. The second-order valence-corrected chi connectivity index (χ2v) is 5.66. The fourth-order valence-corrected chi connectivity index (χ4v) is 2.30. The van der Waals surface area contributed by atoms with Crippen molar-refractivity contribution in [2.24, 2.45) is 0 Å². The van der Waals surface area contributed by atoms with Crippen molar-refractivity contribution in [3.63, 3.8) is 0 Å². The van der Waals surface area contributed by atoms with Gasteiger partial charge in [0.2, 0.25) is 0 Å². The van der Waals surface area contributed by atoms with Gasteiger partial charge in [0.15, 0.2) is 0 Å². The second kappa shape index (κ2) is 6.58. The fourth-order valence-electron chi connectivity index (χ4n) is 2.30. The van der Waals surface area contributed by atoms with Crippen LogP contribution in [-0.2, 0) is 0 Å². The zero-order valence-electron chi connectivity index (χ0n) is 11.1. The first-order valence-corrected chi connectivity index (χ1v) is 6.62. The van der Waals surface area contributed by atoms with Crippen molar-refractivity contribution in [1.29, 1.82) is 0 Å². The van der Waals surface area contributed by atoms with Crippen LogP contribution in [0.15, 0.2) is 0 Å². The lowest BCUT2D eigenvalue weighted by Gasteiger charge is -2.33. The van der Waals surface area contributed by atoms with Crippen molar-refractivity contribution < 1.29 is 5.11 Å². The molecule has 96 valence electrons. The van der Waals surface area contributed by atoms with E-state index in [1.807, 2.05) is 0 Å². The van der Waals surface area contributed by atoms with Crippen LogP contribution in [0.25, 0.3) is 0 Å². The summed E-state index contributed by atoms with van der Waals surface area (Å²) in [6, 6.07) is 0.494. The smallest absolute Gasteiger partial charge is 0.0771 e. The monoisotopic (exact) mass is 228 g/mol. The second-order valence-electron chi connectivity index (χ2n) is 5.66. The number of aliphatic hydroxyl groups is 1. The first-order chi connectivity index (χ1) is 7.52. The first-order valence-electron chi connectivity index (χ1n) is 6.62. The van der Waals surface area contributed by atoms with Crippen LogP contribution in [0.4, 0.5) is 0 Å². The van der Waals surface area contributed by atoms with Crippen LogP contribution < -0.4 is 5.32 Å². The van der Waals surface area contributed by atoms with Crippen molar-refractivity contribution in [2.75, 3.05) is 27.2 Å². The summed E-state index contributed by atoms with van der Waals surface area (Å²) < 4.78 is 0. The molecule has 0 aromatic rings. The third kappa shape index (κ3) is 5.28. The number of nitrogens with one attached hydrogen (secondary N) is 1. The van der Waals surface area contributed by atoms with E-state index in [0.29, 0.717) is 6.04 Å². The Morgan fingerprint density at radius 2 is 1.88 bits per heavy atom. The van der Waals surface area contributed by atoms with Gasteiger partial charge in [-0.15, -0.1) is 0 Å². The molecule has 0 saturated heterocycles. The number of nitrogens with zero attached hydrogens (tertiary/aromatic N) is 1. The van der Waals surface area contributed by atoms with Gasteiger partial charge in [0.05, 0.1) is 5.60 Å². The Labute approximate surface area is 100 Å². The molecule has 3 heteroatoms. The Bertz CT molecular complexity index is 188. The lowest BCUT2D eigenvalue weighted by atomic mass is 9.85. The SMILES string of the molecule is CC(CCN(C)C)NCC1(O)CCCCC1. The minimum absolute atomic E-state index is 0.426. The van der Waals surface area contributed by atoms with Gasteiger partial charge in [-0.05, 0) is 46.8 Å². The van der Waals surface area contributed by atoms with Gasteiger partial charge in [-0.2, -0.15) is 0 Å². The van der Waals surface area contributed by atoms with Crippen molar-refractivity contribution in [3.8, 4) is 0 Å². The van der Waals surface area contributed by atoms with Crippen LogP contribution in [-0.4, -0.2) is 48.8 Å². The average Bonchev–Trinajstić information content (AvgIpc) is 2.25. The Morgan fingerprint density at radius 1 is 1.25 bits per heavy atom. The van der Waals surface area contributed by atoms with Gasteiger partial charge >= 0.3 is 0 Å². The summed E-state index contributed by atoms with van der Waals surface area (Å²) in [6.07, 6.45) is 6.75. The Balaban J connectivity index is 2.17. The van der Waals surface area contributed by atoms with Crippen molar-refractivity contribution in [3.05, 3.63) is 0 Å². The van der Waals surface area contributed by atoms with Crippen LogP contribution in [0.2, 0.25) is 0 Å². The highest BCUT2D eigenvalue weighted by molar-refractivity contribution is 4.85. The maximum atomic E-state index is 10.3. The molecular weight excluding hydrogens is 200 g/mol. The molecule has 1 rings (SSSR count). The van der Waals surface area contributed by atoms with E-state index in [0.717, 1.165) is 32.4 Å². The molecule has 1 aliphatic rings. The van der Waals surface area contributed by atoms with E-state index in [4.69, 9.17) is 0 Å². The Morgan fingerprint density at radius 3 is 2.44 bits per heavy atom. The molecule has 0 amide bonds. The molecule has 0 aromatic heterocycles. The summed E-state index contributed by atoms with van der Waals surface area (Å²) in [5, 5.41) is 13.8. The van der Waals surface area contributed by atoms with Gasteiger partial charge in [-0.1, -0.05) is 19.3 Å². The highest BCUT2D eigenvalue weighted by Crippen LogP contribution is 2.27. The Kier molecular flexibility index (Phi) is 5.73. The van der Waals surface area contributed by atoms with E-state index in [2.05, 4.69) is 31.2 Å². The number of hydrogen-bond acceptors (Lipinski definition) is 3. The molecule has 1 aliphatic carbocycles. The Hall–Kier alpha value is -0.120. The molecule has 1 unspecified atom stereocenters. The molecule has 1 atom stereocenters. The predicted octanol–water partition coefficient (Wildman–Crippen LogP) is 1.61. The van der Waals surface area contributed by atoms with Crippen LogP contribution >= 0.6 is 0 Å². The third-order valence-corrected chi connectivity index (χ3v) is 3.57. The van der Waals surface area contributed by atoms with E-state index in [1.165, 1.54) is 19.3 Å². The van der Waals surface area contributed by atoms with Gasteiger partial charge < -0.3 is 15.3 Å². The lowest BCUT2D eigenvalue weighted by Crippen LogP contribution is -2.45. The normalized spacial score (nSPS) is 22.3. The maximum Gasteiger partial charge on any atom is 0.0771 e. The molecule has 0 heterocycles. The summed E-state index contributed by atoms with van der Waals surface area (Å²) >= 11 is 0. The molecule has 0 radical (unpaired) electrons. The molecule has 1 fully saturated rings. The predicted molar refractivity (Wildman–Crippen MR) is 68.7 cm³/mol. The first kappa shape index (κ1) is 13.9. The summed E-state index contributed by atoms with van der Waals surface area (Å²) in [5.74, 6) is 0. The zero-order valence-corrected chi connectivity index (χ0v) is 11.1. The molecule has 2 N–H and O–H groups in total. The van der Waals surface area contributed by atoms with Gasteiger partial charge in [-0.3, -0.25) is 0 Å². The molecule has 1 saturated carbocycles. The molecule has 0 bridgehead atoms. The van der Waals surface area contributed by atoms with E-state index in [1.54, 1.807) is 0 Å². The quantitative estimate of drug-likeness (QED) is 0.725. The minimum Gasteiger partial charge on any atom is -0.389 e. The summed E-state index contributed by atoms with van der Waals surface area (Å²) in [4.78, 5) is 2.20. The highest BCUT2D eigenvalue weighted by atomic mass is 16.3. The minimum atomic E-state index is -0.426. The van der Waals surface area contributed by atoms with Gasteiger partial charge in [0, 0.05) is 12.6 Å². The molecule has 0 aromatic carbocycles. The van der Waals surface area contributed by atoms with Gasteiger partial charge in [0.25, 0.3) is 0 Å². The van der Waals surface area contributed by atoms with Crippen molar-refractivity contribution in [2.45, 2.75) is 57.1 Å². The number of hydrogen-bond donors (Lipinski definition) is 2. The topological polar surface area (TPSA) is 35.5 Å². The van der Waals surface area contributed by atoms with E-state index < -0.39 is 5.60 Å². The molecule has 0 spiro atoms. The van der Waals surface area contributed by atoms with E-state index >= 15 is 0 Å². The lowest BCUT2D eigenvalue weighted by molar-refractivity contribution is 0.00275. The number of rotatable bonds is 6. The van der Waals surface area contributed by atoms with Gasteiger partial charge in [-0.25, -0.2) is 0 Å². The van der Waals surface area contributed by atoms with Gasteiger partial charge in [0.1, 0.15) is 0 Å². The standard InChI is InChI=1S/C13H28N2O/c1-12(7-10-15(2)3)14-11-13(16)8-5-4-6-9-13/h12,14,16H,4-11H2,1-3H3. The summed E-state index contributed by atoms with van der Waals surface area (Å²) in [6.45, 7) is 4.07. The molecular formula is C13H28N2O. The van der Waals surface area contributed by atoms with Crippen LogP contribution in [0.5, 0.6) is 0 Å². The zero-order chi connectivity index (χ0) is 12.0. The van der Waals surface area contributed by atoms with Crippen LogP contribution in [0.1, 0.15) is 45.4 Å². The molecule has 3 nitrogen and oxygen atoms in total. The van der Waals surface area contributed by atoms with Crippen LogP contribution in [0.3, 0.4) is 0 Å². The van der Waals surface area contributed by atoms with E-state index in [9.17, 15) is 5.11 Å². The van der Waals surface area contributed by atoms with E-state index in [-0.39, 0.29) is 0 Å².